The molecule has 0 aromatic rings. The first-order valence-corrected chi connectivity index (χ1v) is 7.35. The molecule has 3 heteroatoms. The third kappa shape index (κ3) is 4.23. The molecule has 1 atom stereocenters. The van der Waals surface area contributed by atoms with Crippen LogP contribution in [-0.4, -0.2) is 62.7 Å². The molecule has 2 aliphatic heterocycles. The molecule has 1 unspecified atom stereocenters. The maximum absolute atomic E-state index is 3.46. The van der Waals surface area contributed by atoms with E-state index in [-0.39, 0.29) is 0 Å². The minimum absolute atomic E-state index is 0.824. The van der Waals surface area contributed by atoms with E-state index >= 15 is 0 Å². The zero-order valence-corrected chi connectivity index (χ0v) is 11.6. The third-order valence-corrected chi connectivity index (χ3v) is 4.54. The number of hydrogen-bond donors (Lipinski definition) is 1. The zero-order chi connectivity index (χ0) is 12.1. The van der Waals surface area contributed by atoms with Crippen LogP contribution >= 0.6 is 0 Å². The van der Waals surface area contributed by atoms with E-state index in [2.05, 4.69) is 29.2 Å². The van der Waals surface area contributed by atoms with Crippen molar-refractivity contribution in [3.8, 4) is 0 Å². The van der Waals surface area contributed by atoms with Crippen molar-refractivity contribution in [1.29, 1.82) is 0 Å². The van der Waals surface area contributed by atoms with Crippen molar-refractivity contribution in [2.45, 2.75) is 38.1 Å². The van der Waals surface area contributed by atoms with E-state index in [4.69, 9.17) is 0 Å². The Morgan fingerprint density at radius 1 is 1.18 bits per heavy atom. The second-order valence-corrected chi connectivity index (χ2v) is 6.04. The molecule has 2 heterocycles. The summed E-state index contributed by atoms with van der Waals surface area (Å²) in [7, 11) is 4.43. The van der Waals surface area contributed by atoms with Crippen LogP contribution in [0.3, 0.4) is 0 Å². The lowest BCUT2D eigenvalue weighted by atomic mass is 10.0. The van der Waals surface area contributed by atoms with Gasteiger partial charge in [0.15, 0.2) is 0 Å². The summed E-state index contributed by atoms with van der Waals surface area (Å²) in [6.45, 7) is 6.47. The second-order valence-electron chi connectivity index (χ2n) is 6.04. The van der Waals surface area contributed by atoms with Gasteiger partial charge in [-0.05, 0) is 84.8 Å². The van der Waals surface area contributed by atoms with Crippen LogP contribution in [0.4, 0.5) is 0 Å². The van der Waals surface area contributed by atoms with Crippen molar-refractivity contribution in [3.05, 3.63) is 0 Å². The van der Waals surface area contributed by atoms with Gasteiger partial charge in [-0.15, -0.1) is 0 Å². The Labute approximate surface area is 107 Å². The topological polar surface area (TPSA) is 18.5 Å². The Balaban J connectivity index is 1.55. The summed E-state index contributed by atoms with van der Waals surface area (Å²) in [5.41, 5.74) is 0. The van der Waals surface area contributed by atoms with Crippen molar-refractivity contribution in [2.75, 3.05) is 46.8 Å². The first-order chi connectivity index (χ1) is 8.25. The summed E-state index contributed by atoms with van der Waals surface area (Å²) in [6.07, 6.45) is 6.96. The fourth-order valence-corrected chi connectivity index (χ4v) is 3.22. The minimum atomic E-state index is 0.824. The molecule has 0 bridgehead atoms. The molecule has 17 heavy (non-hydrogen) atoms. The summed E-state index contributed by atoms with van der Waals surface area (Å²) in [6, 6.07) is 0.824. The highest BCUT2D eigenvalue weighted by Crippen LogP contribution is 2.17. The molecular formula is C14H29N3. The molecule has 2 saturated heterocycles. The van der Waals surface area contributed by atoms with Crippen LogP contribution in [0.2, 0.25) is 0 Å². The molecular weight excluding hydrogens is 210 g/mol. The summed E-state index contributed by atoms with van der Waals surface area (Å²) in [4.78, 5) is 5.06. The van der Waals surface area contributed by atoms with Crippen LogP contribution in [-0.2, 0) is 0 Å². The van der Waals surface area contributed by atoms with Gasteiger partial charge in [0.25, 0.3) is 0 Å². The van der Waals surface area contributed by atoms with Gasteiger partial charge < -0.3 is 15.1 Å². The molecule has 0 spiro atoms. The van der Waals surface area contributed by atoms with Gasteiger partial charge in [0, 0.05) is 6.04 Å². The van der Waals surface area contributed by atoms with Gasteiger partial charge in [0.2, 0.25) is 0 Å². The van der Waals surface area contributed by atoms with E-state index in [0.29, 0.717) is 0 Å². The quantitative estimate of drug-likeness (QED) is 0.782. The molecule has 0 amide bonds. The number of piperidine rings is 1. The van der Waals surface area contributed by atoms with Crippen molar-refractivity contribution in [3.63, 3.8) is 0 Å². The second kappa shape index (κ2) is 6.72. The molecule has 2 aliphatic rings. The number of nitrogens with zero attached hydrogens (tertiary/aromatic N) is 2. The van der Waals surface area contributed by atoms with Crippen LogP contribution in [0.25, 0.3) is 0 Å². The van der Waals surface area contributed by atoms with E-state index in [9.17, 15) is 0 Å². The van der Waals surface area contributed by atoms with E-state index < -0.39 is 0 Å². The van der Waals surface area contributed by atoms with Crippen molar-refractivity contribution in [1.82, 2.24) is 15.1 Å². The Morgan fingerprint density at radius 3 is 2.53 bits per heavy atom. The van der Waals surface area contributed by atoms with Crippen LogP contribution in [0.15, 0.2) is 0 Å². The van der Waals surface area contributed by atoms with Gasteiger partial charge in [-0.25, -0.2) is 0 Å². The first-order valence-electron chi connectivity index (χ1n) is 7.35. The van der Waals surface area contributed by atoms with Crippen LogP contribution < -0.4 is 5.32 Å². The summed E-state index contributed by atoms with van der Waals surface area (Å²) in [5, 5.41) is 3.46. The molecule has 1 N–H and O–H groups in total. The predicted molar refractivity (Wildman–Crippen MR) is 73.4 cm³/mol. The summed E-state index contributed by atoms with van der Waals surface area (Å²) < 4.78 is 0. The molecule has 3 nitrogen and oxygen atoms in total. The average molecular weight is 239 g/mol. The molecule has 2 rings (SSSR count). The monoisotopic (exact) mass is 239 g/mol. The lowest BCUT2D eigenvalue weighted by Gasteiger charge is -2.35. The molecule has 0 aromatic heterocycles. The molecule has 2 fully saturated rings. The highest BCUT2D eigenvalue weighted by molar-refractivity contribution is 4.77. The van der Waals surface area contributed by atoms with Gasteiger partial charge in [-0.1, -0.05) is 0 Å². The Hall–Kier alpha value is -0.120. The van der Waals surface area contributed by atoms with Crippen molar-refractivity contribution < 1.29 is 0 Å². The van der Waals surface area contributed by atoms with Crippen LogP contribution in [0, 0.1) is 5.92 Å². The third-order valence-electron chi connectivity index (χ3n) is 4.54. The fourth-order valence-electron chi connectivity index (χ4n) is 3.22. The van der Waals surface area contributed by atoms with Crippen molar-refractivity contribution in [2.24, 2.45) is 5.92 Å². The summed E-state index contributed by atoms with van der Waals surface area (Å²) >= 11 is 0. The lowest BCUT2D eigenvalue weighted by molar-refractivity contribution is 0.142. The molecule has 0 aromatic carbocycles. The standard InChI is InChI=1S/C14H29N3/c1-16(2)14-6-10-17(11-7-14)9-3-4-13-5-8-15-12-13/h13-15H,3-12H2,1-2H3. The lowest BCUT2D eigenvalue weighted by Crippen LogP contribution is -2.42. The molecule has 0 radical (unpaired) electrons. The van der Waals surface area contributed by atoms with E-state index in [1.54, 1.807) is 0 Å². The van der Waals surface area contributed by atoms with Gasteiger partial charge in [-0.3, -0.25) is 0 Å². The number of nitrogens with one attached hydrogen (secondary N) is 1. The smallest absolute Gasteiger partial charge is 0.0113 e. The zero-order valence-electron chi connectivity index (χ0n) is 11.6. The van der Waals surface area contributed by atoms with Crippen LogP contribution in [0.5, 0.6) is 0 Å². The van der Waals surface area contributed by atoms with E-state index in [1.807, 2.05) is 0 Å². The van der Waals surface area contributed by atoms with Crippen LogP contribution in [0.1, 0.15) is 32.1 Å². The van der Waals surface area contributed by atoms with E-state index in [0.717, 1.165) is 12.0 Å². The average Bonchev–Trinajstić information content (AvgIpc) is 2.83. The molecule has 0 aliphatic carbocycles. The fraction of sp³-hybridized carbons (Fsp3) is 1.00. The maximum Gasteiger partial charge on any atom is 0.0113 e. The largest absolute Gasteiger partial charge is 0.316 e. The highest BCUT2D eigenvalue weighted by Gasteiger charge is 2.20. The maximum atomic E-state index is 3.46. The van der Waals surface area contributed by atoms with Crippen molar-refractivity contribution >= 4 is 0 Å². The Morgan fingerprint density at radius 2 is 1.94 bits per heavy atom. The number of rotatable bonds is 5. The summed E-state index contributed by atoms with van der Waals surface area (Å²) in [5.74, 6) is 0.967. The SMILES string of the molecule is CN(C)C1CCN(CCCC2CCNC2)CC1. The number of hydrogen-bond acceptors (Lipinski definition) is 3. The molecule has 0 saturated carbocycles. The highest BCUT2D eigenvalue weighted by atomic mass is 15.2. The first kappa shape index (κ1) is 13.3. The number of likely N-dealkylation sites (tertiary alicyclic amines) is 1. The Kier molecular flexibility index (Phi) is 5.26. The van der Waals surface area contributed by atoms with E-state index in [1.165, 1.54) is 64.8 Å². The minimum Gasteiger partial charge on any atom is -0.316 e. The molecule has 100 valence electrons. The van der Waals surface area contributed by atoms with Gasteiger partial charge in [0.05, 0.1) is 0 Å². The van der Waals surface area contributed by atoms with Gasteiger partial charge in [-0.2, -0.15) is 0 Å². The normalized spacial score (nSPS) is 28.1. The predicted octanol–water partition coefficient (Wildman–Crippen LogP) is 1.40. The van der Waals surface area contributed by atoms with Gasteiger partial charge >= 0.3 is 0 Å². The Bertz CT molecular complexity index is 204. The van der Waals surface area contributed by atoms with Gasteiger partial charge in [0.1, 0.15) is 0 Å².